The number of carbonyl (C=O) groups is 2. The van der Waals surface area contributed by atoms with Crippen molar-refractivity contribution in [3.63, 3.8) is 0 Å². The summed E-state index contributed by atoms with van der Waals surface area (Å²) in [6.07, 6.45) is -1.15. The third kappa shape index (κ3) is 2.92. The number of thiazole rings is 1. The van der Waals surface area contributed by atoms with Gasteiger partial charge in [-0.2, -0.15) is 0 Å². The Kier molecular flexibility index (Phi) is 4.82. The van der Waals surface area contributed by atoms with Crippen LogP contribution < -0.4 is 30.1 Å². The Morgan fingerprint density at radius 3 is 2.46 bits per heavy atom. The average molecular weight is 489 g/mol. The van der Waals surface area contributed by atoms with Crippen molar-refractivity contribution >= 4 is 40.2 Å². The highest BCUT2D eigenvalue weighted by molar-refractivity contribution is 7.07. The van der Waals surface area contributed by atoms with Crippen LogP contribution in [-0.2, 0) is 4.79 Å². The van der Waals surface area contributed by atoms with Gasteiger partial charge in [0.2, 0.25) is 4.80 Å². The van der Waals surface area contributed by atoms with Crippen LogP contribution in [0.25, 0.3) is 5.57 Å². The highest BCUT2D eigenvalue weighted by Crippen LogP contribution is 2.37. The van der Waals surface area contributed by atoms with Crippen molar-refractivity contribution in [2.24, 2.45) is 5.10 Å². The molecule has 3 amide bonds. The molecule has 3 aliphatic heterocycles. The topological polar surface area (TPSA) is 90.2 Å². The number of rotatable bonds is 3. The minimum Gasteiger partial charge on any atom is -0.305 e. The molecule has 3 aromatic rings. The van der Waals surface area contributed by atoms with Crippen LogP contribution in [0.15, 0.2) is 64.5 Å². The third-order valence-electron chi connectivity index (χ3n) is 6.69. The summed E-state index contributed by atoms with van der Waals surface area (Å²) < 4.78 is 1.90. The van der Waals surface area contributed by atoms with Crippen molar-refractivity contribution in [1.29, 1.82) is 0 Å². The van der Waals surface area contributed by atoms with E-state index in [-0.39, 0.29) is 23.5 Å². The molecule has 1 saturated heterocycles. The lowest BCUT2D eigenvalue weighted by Gasteiger charge is -2.30. The first kappa shape index (κ1) is 21.6. The zero-order chi connectivity index (χ0) is 24.4. The highest BCUT2D eigenvalue weighted by atomic mass is 32.1. The molecule has 1 N–H and O–H groups in total. The Morgan fingerprint density at radius 2 is 1.74 bits per heavy atom. The number of hydrogen-bond acceptors (Lipinski definition) is 6. The van der Waals surface area contributed by atoms with Crippen LogP contribution >= 0.6 is 11.3 Å². The molecule has 9 nitrogen and oxygen atoms in total. The van der Waals surface area contributed by atoms with E-state index in [1.807, 2.05) is 75.4 Å². The molecule has 2 unspecified atom stereocenters. The van der Waals surface area contributed by atoms with E-state index in [0.29, 0.717) is 21.5 Å². The molecule has 6 rings (SSSR count). The fraction of sp³-hybridized carbons (Fsp3) is 0.280. The van der Waals surface area contributed by atoms with Gasteiger partial charge in [-0.15, -0.1) is 5.10 Å². The van der Waals surface area contributed by atoms with E-state index in [0.717, 1.165) is 16.9 Å². The number of nitrogens with one attached hydrogen (secondary N) is 1. The highest BCUT2D eigenvalue weighted by Gasteiger charge is 2.50. The largest absolute Gasteiger partial charge is 0.328 e. The monoisotopic (exact) mass is 488 g/mol. The van der Waals surface area contributed by atoms with Crippen LogP contribution in [0.5, 0.6) is 0 Å². The van der Waals surface area contributed by atoms with Gasteiger partial charge in [0.05, 0.1) is 11.3 Å². The molecule has 178 valence electrons. The van der Waals surface area contributed by atoms with E-state index in [4.69, 9.17) is 0 Å². The van der Waals surface area contributed by atoms with E-state index in [1.54, 1.807) is 19.3 Å². The first-order valence-electron chi connectivity index (χ1n) is 11.6. The normalized spacial score (nSPS) is 22.2. The minimum absolute atomic E-state index is 0.0586. The maximum absolute atomic E-state index is 13.9. The minimum atomic E-state index is -0.591. The Balaban J connectivity index is 1.57. The van der Waals surface area contributed by atoms with Crippen LogP contribution in [-0.4, -0.2) is 40.2 Å². The standard InChI is InChI=1S/C25H24N6O3S/c1-4-28-21-20(30(25(28)34)15-10-6-5-7-11-15)26-27-24-31(21)23(33)19(35-24)18-16-12-8-9-13-17(16)29(14(2)3)22(18)32/h5-14,20-21,26H,4H2,1-3H3/b19-18-. The molecule has 1 fully saturated rings. The summed E-state index contributed by atoms with van der Waals surface area (Å²) >= 11 is 1.18. The molecule has 0 aliphatic carbocycles. The smallest absolute Gasteiger partial charge is 0.305 e. The summed E-state index contributed by atoms with van der Waals surface area (Å²) in [5.41, 5.74) is 5.45. The fourth-order valence-electron chi connectivity index (χ4n) is 5.20. The van der Waals surface area contributed by atoms with Gasteiger partial charge in [-0.3, -0.25) is 29.4 Å². The van der Waals surface area contributed by atoms with Crippen molar-refractivity contribution in [2.75, 3.05) is 16.3 Å². The van der Waals surface area contributed by atoms with Gasteiger partial charge < -0.3 is 4.90 Å². The van der Waals surface area contributed by atoms with Crippen LogP contribution in [0.1, 0.15) is 32.5 Å². The lowest BCUT2D eigenvalue weighted by molar-refractivity contribution is -0.113. The maximum Gasteiger partial charge on any atom is 0.328 e. The average Bonchev–Trinajstić information content (AvgIpc) is 3.44. The molecule has 2 atom stereocenters. The number of hydrogen-bond donors (Lipinski definition) is 1. The molecule has 0 spiro atoms. The zero-order valence-electron chi connectivity index (χ0n) is 19.5. The number of fused-ring (bicyclic) bond motifs is 4. The number of benzene rings is 2. The fourth-order valence-corrected chi connectivity index (χ4v) is 6.26. The van der Waals surface area contributed by atoms with Crippen molar-refractivity contribution in [2.45, 2.75) is 39.1 Å². The number of urea groups is 1. The summed E-state index contributed by atoms with van der Waals surface area (Å²) in [5, 5.41) is 4.48. The van der Waals surface area contributed by atoms with Gasteiger partial charge in [-0.05, 0) is 39.0 Å². The Labute approximate surface area is 205 Å². The number of para-hydroxylation sites is 2. The molecule has 4 heterocycles. The van der Waals surface area contributed by atoms with Crippen LogP contribution in [0.4, 0.5) is 16.2 Å². The molecule has 2 aromatic carbocycles. The van der Waals surface area contributed by atoms with Gasteiger partial charge in [0, 0.05) is 23.8 Å². The number of amides is 3. The summed E-state index contributed by atoms with van der Waals surface area (Å²) in [6, 6.07) is 16.6. The van der Waals surface area contributed by atoms with Crippen molar-refractivity contribution in [3.05, 3.63) is 79.8 Å². The van der Waals surface area contributed by atoms with Gasteiger partial charge in [-0.1, -0.05) is 47.7 Å². The van der Waals surface area contributed by atoms with Gasteiger partial charge in [-0.25, -0.2) is 4.79 Å². The van der Waals surface area contributed by atoms with Crippen LogP contribution in [0.2, 0.25) is 0 Å². The van der Waals surface area contributed by atoms with Gasteiger partial charge in [0.25, 0.3) is 11.5 Å². The third-order valence-corrected chi connectivity index (χ3v) is 7.74. The maximum atomic E-state index is 13.9. The number of aromatic nitrogens is 1. The Hall–Kier alpha value is -3.92. The van der Waals surface area contributed by atoms with E-state index in [9.17, 15) is 14.4 Å². The lowest BCUT2D eigenvalue weighted by atomic mass is 10.1. The predicted octanol–water partition coefficient (Wildman–Crippen LogP) is 1.79. The second-order valence-electron chi connectivity index (χ2n) is 8.92. The first-order chi connectivity index (χ1) is 16.9. The molecule has 10 heteroatoms. The number of anilines is 2. The first-order valence-corrected chi connectivity index (χ1v) is 12.4. The van der Waals surface area contributed by atoms with Crippen LogP contribution in [0.3, 0.4) is 0 Å². The number of nitrogens with zero attached hydrogens (tertiary/aromatic N) is 5. The van der Waals surface area contributed by atoms with Crippen molar-refractivity contribution < 1.29 is 9.59 Å². The van der Waals surface area contributed by atoms with Gasteiger partial charge >= 0.3 is 6.03 Å². The molecule has 1 aromatic heterocycles. The summed E-state index contributed by atoms with van der Waals surface area (Å²) in [5.74, 6) is -0.192. The molecule has 0 bridgehead atoms. The number of likely N-dealkylation sites (N-methyl/N-ethyl adjacent to an activating group) is 1. The predicted molar refractivity (Wildman–Crippen MR) is 134 cm³/mol. The molecule has 35 heavy (non-hydrogen) atoms. The Bertz CT molecular complexity index is 1540. The molecule has 0 radical (unpaired) electrons. The SMILES string of the molecule is CCN1C(=O)N(c2ccccc2)C2NN=c3s/c(=C4\C(=O)N(C(C)C)c5ccccc54)c(=O)n3C21. The van der Waals surface area contributed by atoms with E-state index >= 15 is 0 Å². The quantitative estimate of drug-likeness (QED) is 0.609. The van der Waals surface area contributed by atoms with Crippen LogP contribution in [0, 0.1) is 0 Å². The number of carbonyl (C=O) groups excluding carboxylic acids is 2. The Morgan fingerprint density at radius 1 is 1.03 bits per heavy atom. The van der Waals surface area contributed by atoms with E-state index in [1.165, 1.54) is 11.3 Å². The van der Waals surface area contributed by atoms with Gasteiger partial charge in [0.1, 0.15) is 4.53 Å². The zero-order valence-corrected chi connectivity index (χ0v) is 20.3. The lowest BCUT2D eigenvalue weighted by Crippen LogP contribution is -2.53. The molecular formula is C25H24N6O3S. The van der Waals surface area contributed by atoms with Gasteiger partial charge in [0.15, 0.2) is 12.3 Å². The van der Waals surface area contributed by atoms with Crippen molar-refractivity contribution in [3.8, 4) is 0 Å². The summed E-state index contributed by atoms with van der Waals surface area (Å²) in [4.78, 5) is 46.3. The van der Waals surface area contributed by atoms with E-state index in [2.05, 4.69) is 10.5 Å². The summed E-state index contributed by atoms with van der Waals surface area (Å²) in [6.45, 7) is 6.21. The molecular weight excluding hydrogens is 464 g/mol. The molecule has 0 saturated carbocycles. The van der Waals surface area contributed by atoms with E-state index < -0.39 is 12.3 Å². The summed E-state index contributed by atoms with van der Waals surface area (Å²) in [7, 11) is 0. The molecule has 3 aliphatic rings. The second-order valence-corrected chi connectivity index (χ2v) is 9.90. The van der Waals surface area contributed by atoms with Crippen molar-refractivity contribution in [1.82, 2.24) is 14.9 Å². The second kappa shape index (κ2) is 7.81.